The summed E-state index contributed by atoms with van der Waals surface area (Å²) in [7, 11) is 0. The fraction of sp³-hybridized carbons (Fsp3) is 0.867. The van der Waals surface area contributed by atoms with Gasteiger partial charge in [-0.25, -0.2) is 0 Å². The average Bonchev–Trinajstić information content (AvgIpc) is 2.53. The highest BCUT2D eigenvalue weighted by molar-refractivity contribution is 5.85. The fourth-order valence-corrected chi connectivity index (χ4v) is 3.86. The van der Waals surface area contributed by atoms with Gasteiger partial charge in [-0.1, -0.05) is 27.7 Å². The van der Waals surface area contributed by atoms with Crippen LogP contribution in [0.5, 0.6) is 0 Å². The molecule has 0 bridgehead atoms. The third-order valence-electron chi connectivity index (χ3n) is 4.86. The molecule has 2 heterocycles. The van der Waals surface area contributed by atoms with Gasteiger partial charge in [-0.05, 0) is 25.7 Å². The van der Waals surface area contributed by atoms with Crippen molar-refractivity contribution in [3.63, 3.8) is 0 Å². The summed E-state index contributed by atoms with van der Waals surface area (Å²) in [4.78, 5) is 20.2. The second-order valence-electron chi connectivity index (χ2n) is 6.95. The second-order valence-corrected chi connectivity index (χ2v) is 6.95. The minimum absolute atomic E-state index is 0.00708. The van der Waals surface area contributed by atoms with Crippen molar-refractivity contribution < 1.29 is 19.4 Å². The van der Waals surface area contributed by atoms with E-state index in [0.29, 0.717) is 0 Å². The molecule has 0 aromatic heterocycles. The SMILES string of the molecule is C=O.CC[C@H]1C(=O)N[C@@]2(C(O)C(C)(C)C)C(C)O[C@@]12C. The van der Waals surface area contributed by atoms with Gasteiger partial charge in [0.1, 0.15) is 17.9 Å². The zero-order valence-electron chi connectivity index (χ0n) is 13.3. The van der Waals surface area contributed by atoms with Crippen LogP contribution in [-0.2, 0) is 14.3 Å². The lowest BCUT2D eigenvalue weighted by molar-refractivity contribution is -0.303. The van der Waals surface area contributed by atoms with Crippen molar-refractivity contribution >= 4 is 12.7 Å². The van der Waals surface area contributed by atoms with Gasteiger partial charge < -0.3 is 20.0 Å². The largest absolute Gasteiger partial charge is 0.390 e. The van der Waals surface area contributed by atoms with Crippen molar-refractivity contribution in [1.29, 1.82) is 0 Å². The quantitative estimate of drug-likeness (QED) is 0.801. The molecule has 0 aliphatic carbocycles. The first-order valence-electron chi connectivity index (χ1n) is 7.08. The number of aliphatic hydroxyl groups is 1. The Morgan fingerprint density at radius 1 is 1.45 bits per heavy atom. The smallest absolute Gasteiger partial charge is 0.226 e. The van der Waals surface area contributed by atoms with E-state index in [0.717, 1.165) is 6.42 Å². The molecule has 2 rings (SSSR count). The number of carbonyl (C=O) groups excluding carboxylic acids is 2. The molecular formula is C15H27NO4. The van der Waals surface area contributed by atoms with Crippen LogP contribution in [0.3, 0.4) is 0 Å². The molecule has 5 heteroatoms. The van der Waals surface area contributed by atoms with Gasteiger partial charge in [0, 0.05) is 0 Å². The standard InChI is InChI=1S/C14H25NO3.CH2O/c1-7-9-10(16)15-14(11(17)12(3,4)5)8(2)18-13(9,14)6;1-2/h8-9,11,17H,7H2,1-6H3,(H,15,16);1H2/t8?,9-,11?,13-,14+;/m0./s1. The molecule has 2 unspecified atom stereocenters. The molecule has 20 heavy (non-hydrogen) atoms. The number of aliphatic hydroxyl groups excluding tert-OH is 1. The molecule has 5 atom stereocenters. The summed E-state index contributed by atoms with van der Waals surface area (Å²) in [6, 6.07) is 0. The van der Waals surface area contributed by atoms with E-state index in [1.807, 2.05) is 48.3 Å². The number of fused-ring (bicyclic) bond motifs is 1. The van der Waals surface area contributed by atoms with Crippen LogP contribution in [0.25, 0.3) is 0 Å². The van der Waals surface area contributed by atoms with Gasteiger partial charge in [0.2, 0.25) is 5.91 Å². The summed E-state index contributed by atoms with van der Waals surface area (Å²) in [5, 5.41) is 13.8. The maximum atomic E-state index is 12.2. The lowest BCUT2D eigenvalue weighted by Crippen LogP contribution is -2.81. The first-order valence-corrected chi connectivity index (χ1v) is 7.08. The van der Waals surface area contributed by atoms with Crippen LogP contribution in [0, 0.1) is 11.3 Å². The van der Waals surface area contributed by atoms with Crippen molar-refractivity contribution in [2.24, 2.45) is 11.3 Å². The molecule has 2 fully saturated rings. The molecular weight excluding hydrogens is 258 g/mol. The van der Waals surface area contributed by atoms with Gasteiger partial charge in [-0.3, -0.25) is 4.79 Å². The number of hydrogen-bond donors (Lipinski definition) is 2. The van der Waals surface area contributed by atoms with E-state index in [9.17, 15) is 9.90 Å². The Morgan fingerprint density at radius 2 is 1.95 bits per heavy atom. The summed E-state index contributed by atoms with van der Waals surface area (Å²) < 4.78 is 5.90. The van der Waals surface area contributed by atoms with Crippen molar-refractivity contribution in [3.8, 4) is 0 Å². The minimum Gasteiger partial charge on any atom is -0.390 e. The van der Waals surface area contributed by atoms with Crippen molar-refractivity contribution in [2.75, 3.05) is 0 Å². The van der Waals surface area contributed by atoms with Crippen LogP contribution in [0.4, 0.5) is 0 Å². The van der Waals surface area contributed by atoms with E-state index in [1.54, 1.807) is 0 Å². The third kappa shape index (κ3) is 1.91. The minimum atomic E-state index is -0.650. The van der Waals surface area contributed by atoms with Crippen molar-refractivity contribution in [3.05, 3.63) is 0 Å². The summed E-state index contributed by atoms with van der Waals surface area (Å²) in [6.07, 6.45) is -0.0512. The second kappa shape index (κ2) is 5.11. The Morgan fingerprint density at radius 3 is 2.30 bits per heavy atom. The Labute approximate surface area is 121 Å². The molecule has 1 amide bonds. The van der Waals surface area contributed by atoms with Gasteiger partial charge in [0.05, 0.1) is 18.1 Å². The van der Waals surface area contributed by atoms with E-state index in [2.05, 4.69) is 5.32 Å². The predicted octanol–water partition coefficient (Wildman–Crippen LogP) is 1.28. The first-order chi connectivity index (χ1) is 9.11. The van der Waals surface area contributed by atoms with Gasteiger partial charge in [0.25, 0.3) is 0 Å². The lowest BCUT2D eigenvalue weighted by atomic mass is 9.60. The fourth-order valence-electron chi connectivity index (χ4n) is 3.86. The number of nitrogens with one attached hydrogen (secondary N) is 1. The molecule has 116 valence electrons. The molecule has 0 aromatic carbocycles. The van der Waals surface area contributed by atoms with Crippen LogP contribution in [0.1, 0.15) is 48.0 Å². The highest BCUT2D eigenvalue weighted by Crippen LogP contribution is 2.56. The number of rotatable bonds is 2. The van der Waals surface area contributed by atoms with E-state index < -0.39 is 17.2 Å². The van der Waals surface area contributed by atoms with E-state index in [4.69, 9.17) is 9.53 Å². The molecule has 2 saturated heterocycles. The normalized spacial score (nSPS) is 40.9. The molecule has 5 nitrogen and oxygen atoms in total. The van der Waals surface area contributed by atoms with Gasteiger partial charge in [-0.15, -0.1) is 0 Å². The molecule has 2 aliphatic heterocycles. The molecule has 0 radical (unpaired) electrons. The average molecular weight is 285 g/mol. The van der Waals surface area contributed by atoms with Crippen LogP contribution in [0.15, 0.2) is 0 Å². The van der Waals surface area contributed by atoms with E-state index in [1.165, 1.54) is 0 Å². The van der Waals surface area contributed by atoms with Gasteiger partial charge in [0.15, 0.2) is 0 Å². The predicted molar refractivity (Wildman–Crippen MR) is 76.2 cm³/mol. The van der Waals surface area contributed by atoms with E-state index in [-0.39, 0.29) is 23.3 Å². The summed E-state index contributed by atoms with van der Waals surface area (Å²) >= 11 is 0. The first kappa shape index (κ1) is 17.1. The van der Waals surface area contributed by atoms with E-state index >= 15 is 0 Å². The lowest BCUT2D eigenvalue weighted by Gasteiger charge is -2.62. The topological polar surface area (TPSA) is 75.6 Å². The number of ether oxygens (including phenoxy) is 1. The number of amides is 1. The zero-order chi connectivity index (χ0) is 15.9. The molecule has 2 N–H and O–H groups in total. The third-order valence-corrected chi connectivity index (χ3v) is 4.86. The Bertz CT molecular complexity index is 392. The van der Waals surface area contributed by atoms with Crippen molar-refractivity contribution in [1.82, 2.24) is 5.32 Å². The van der Waals surface area contributed by atoms with Crippen LogP contribution >= 0.6 is 0 Å². The van der Waals surface area contributed by atoms with Crippen LogP contribution < -0.4 is 5.32 Å². The Kier molecular flexibility index (Phi) is 4.38. The summed E-state index contributed by atoms with van der Waals surface area (Å²) in [5.74, 6) is -0.168. The zero-order valence-corrected chi connectivity index (χ0v) is 13.3. The molecule has 0 saturated carbocycles. The van der Waals surface area contributed by atoms with Crippen LogP contribution in [-0.4, -0.2) is 41.2 Å². The molecule has 0 aromatic rings. The van der Waals surface area contributed by atoms with Gasteiger partial charge >= 0.3 is 0 Å². The van der Waals surface area contributed by atoms with Gasteiger partial charge in [-0.2, -0.15) is 0 Å². The summed E-state index contributed by atoms with van der Waals surface area (Å²) in [5.41, 5.74) is -1.54. The Balaban J connectivity index is 0.000000956. The molecule has 2 aliphatic rings. The monoisotopic (exact) mass is 285 g/mol. The maximum Gasteiger partial charge on any atom is 0.226 e. The Hall–Kier alpha value is -0.940. The number of carbonyl (C=O) groups is 2. The highest BCUT2D eigenvalue weighted by atomic mass is 16.6. The molecule has 0 spiro atoms. The van der Waals surface area contributed by atoms with Crippen LogP contribution in [0.2, 0.25) is 0 Å². The highest BCUT2D eigenvalue weighted by Gasteiger charge is 2.76. The summed E-state index contributed by atoms with van der Waals surface area (Å²) in [6.45, 7) is 13.8. The maximum absolute atomic E-state index is 12.2. The van der Waals surface area contributed by atoms with Crippen molar-refractivity contribution in [2.45, 2.75) is 71.3 Å². The number of hydrogen-bond acceptors (Lipinski definition) is 4.